The number of benzene rings is 2. The number of likely N-dealkylation sites (tertiary alicyclic amines) is 1. The number of hydrogen-bond acceptors (Lipinski definition) is 4. The number of aromatic amines is 1. The zero-order valence-corrected chi connectivity index (χ0v) is 20.2. The Labute approximate surface area is 211 Å². The number of aliphatic hydroxyl groups excluding tert-OH is 1. The van der Waals surface area contributed by atoms with Gasteiger partial charge in [-0.2, -0.15) is 13.2 Å². The second-order valence-corrected chi connectivity index (χ2v) is 9.72. The Kier molecular flexibility index (Phi) is 6.53. The standard InChI is InChI=1S/C26H28F4N4O3/c1-37-16-6-7-17-20(12-16)31-23-21(13-35)34(15-26(28,29)30)14-25(22(17)23)8-10-33(11-9-25)24(36)32-19-5-3-2-4-18(19)27/h2-7,12,21,31,35H,8-11,13-15H2,1H3,(H,32,36)/t21-/m0/s1. The molecule has 0 saturated carbocycles. The lowest BCUT2D eigenvalue weighted by atomic mass is 9.68. The molecule has 0 bridgehead atoms. The number of H-pyrrole nitrogens is 1. The Hall–Kier alpha value is -3.31. The van der Waals surface area contributed by atoms with Crippen molar-refractivity contribution in [3.05, 3.63) is 59.5 Å². The molecule has 0 unspecified atom stereocenters. The summed E-state index contributed by atoms with van der Waals surface area (Å²) in [5, 5.41) is 13.6. The number of rotatable bonds is 4. The molecule has 1 atom stereocenters. The number of ether oxygens (including phenoxy) is 1. The minimum absolute atomic E-state index is 0.0699. The number of amides is 2. The van der Waals surface area contributed by atoms with Crippen LogP contribution in [0.3, 0.4) is 0 Å². The lowest BCUT2D eigenvalue weighted by Crippen LogP contribution is -2.56. The first-order valence-corrected chi connectivity index (χ1v) is 12.1. The van der Waals surface area contributed by atoms with Gasteiger partial charge in [0.25, 0.3) is 0 Å². The first-order valence-electron chi connectivity index (χ1n) is 12.1. The van der Waals surface area contributed by atoms with Crippen LogP contribution in [0.15, 0.2) is 42.5 Å². The highest BCUT2D eigenvalue weighted by Crippen LogP contribution is 2.49. The van der Waals surface area contributed by atoms with Crippen molar-refractivity contribution in [3.63, 3.8) is 0 Å². The molecule has 3 N–H and O–H groups in total. The summed E-state index contributed by atoms with van der Waals surface area (Å²) in [6.07, 6.45) is -3.62. The molecule has 0 aliphatic carbocycles. The number of alkyl halides is 3. The number of fused-ring (bicyclic) bond motifs is 4. The number of hydrogen-bond donors (Lipinski definition) is 3. The Morgan fingerprint density at radius 2 is 1.95 bits per heavy atom. The Morgan fingerprint density at radius 3 is 2.59 bits per heavy atom. The van der Waals surface area contributed by atoms with Crippen molar-refractivity contribution in [2.75, 3.05) is 45.2 Å². The zero-order valence-electron chi connectivity index (χ0n) is 20.2. The van der Waals surface area contributed by atoms with Crippen molar-refractivity contribution in [1.82, 2.24) is 14.8 Å². The lowest BCUT2D eigenvalue weighted by molar-refractivity contribution is -0.157. The number of halogens is 4. The summed E-state index contributed by atoms with van der Waals surface area (Å²) in [5.74, 6) is 0.0563. The van der Waals surface area contributed by atoms with Crippen molar-refractivity contribution in [2.45, 2.75) is 30.5 Å². The van der Waals surface area contributed by atoms with E-state index in [1.165, 1.54) is 30.2 Å². The van der Waals surface area contributed by atoms with Gasteiger partial charge in [0.15, 0.2) is 0 Å². The van der Waals surface area contributed by atoms with Crippen LogP contribution in [0.25, 0.3) is 10.9 Å². The summed E-state index contributed by atoms with van der Waals surface area (Å²) in [6.45, 7) is -0.971. The summed E-state index contributed by atoms with van der Waals surface area (Å²) in [5.41, 5.74) is 1.56. The molecule has 2 aliphatic rings. The number of methoxy groups -OCH3 is 1. The van der Waals surface area contributed by atoms with E-state index in [-0.39, 0.29) is 25.3 Å². The average molecular weight is 521 g/mol. The fourth-order valence-electron chi connectivity index (χ4n) is 5.81. The Balaban J connectivity index is 1.48. The normalized spacial score (nSPS) is 19.7. The van der Waals surface area contributed by atoms with Crippen molar-refractivity contribution in [1.29, 1.82) is 0 Å². The van der Waals surface area contributed by atoms with Crippen LogP contribution >= 0.6 is 0 Å². The molecule has 198 valence electrons. The van der Waals surface area contributed by atoms with E-state index in [0.29, 0.717) is 24.3 Å². The number of aliphatic hydroxyl groups is 1. The highest BCUT2D eigenvalue weighted by atomic mass is 19.4. The molecule has 11 heteroatoms. The number of piperidine rings is 1. The van der Waals surface area contributed by atoms with Gasteiger partial charge in [-0.1, -0.05) is 12.1 Å². The second-order valence-electron chi connectivity index (χ2n) is 9.72. The maximum Gasteiger partial charge on any atom is 0.401 e. The minimum atomic E-state index is -4.44. The number of carbonyl (C=O) groups excluding carboxylic acids is 1. The fourth-order valence-corrected chi connectivity index (χ4v) is 5.81. The Bertz CT molecular complexity index is 1300. The van der Waals surface area contributed by atoms with Crippen LogP contribution in [0.2, 0.25) is 0 Å². The SMILES string of the molecule is COc1ccc2c3c([nH]c2c1)[C@H](CO)N(CC(F)(F)F)CC31CCN(C(=O)Nc2ccccc2F)CC1. The summed E-state index contributed by atoms with van der Waals surface area (Å²) in [6, 6.07) is 10.0. The van der Waals surface area contributed by atoms with E-state index in [1.807, 2.05) is 6.07 Å². The molecule has 5 rings (SSSR count). The van der Waals surface area contributed by atoms with E-state index < -0.39 is 42.6 Å². The first kappa shape index (κ1) is 25.3. The van der Waals surface area contributed by atoms with E-state index in [2.05, 4.69) is 10.3 Å². The van der Waals surface area contributed by atoms with Gasteiger partial charge < -0.3 is 25.0 Å². The highest BCUT2D eigenvalue weighted by Gasteiger charge is 2.49. The van der Waals surface area contributed by atoms with Crippen molar-refractivity contribution in [3.8, 4) is 5.75 Å². The number of nitrogens with zero attached hydrogens (tertiary/aromatic N) is 2. The third kappa shape index (κ3) is 4.73. The molecule has 1 spiro atoms. The van der Waals surface area contributed by atoms with Gasteiger partial charge in [0, 0.05) is 47.7 Å². The average Bonchev–Trinajstić information content (AvgIpc) is 3.24. The third-order valence-electron chi connectivity index (χ3n) is 7.52. The smallest absolute Gasteiger partial charge is 0.401 e. The van der Waals surface area contributed by atoms with Crippen LogP contribution in [0, 0.1) is 5.82 Å². The van der Waals surface area contributed by atoms with Crippen LogP contribution in [-0.2, 0) is 5.41 Å². The molecular formula is C26H28F4N4O3. The molecule has 2 amide bonds. The molecule has 1 fully saturated rings. The van der Waals surface area contributed by atoms with Gasteiger partial charge in [-0.3, -0.25) is 4.90 Å². The van der Waals surface area contributed by atoms with E-state index in [4.69, 9.17) is 4.74 Å². The van der Waals surface area contributed by atoms with Gasteiger partial charge in [-0.15, -0.1) is 0 Å². The molecule has 1 aromatic heterocycles. The van der Waals surface area contributed by atoms with Crippen LogP contribution in [0.4, 0.5) is 28.0 Å². The molecule has 2 aliphatic heterocycles. The van der Waals surface area contributed by atoms with E-state index in [9.17, 15) is 27.5 Å². The first-order chi connectivity index (χ1) is 17.6. The summed E-state index contributed by atoms with van der Waals surface area (Å²) in [7, 11) is 1.54. The molecule has 37 heavy (non-hydrogen) atoms. The summed E-state index contributed by atoms with van der Waals surface area (Å²) < 4.78 is 60.0. The molecule has 3 aromatic rings. The summed E-state index contributed by atoms with van der Waals surface area (Å²) >= 11 is 0. The van der Waals surface area contributed by atoms with Gasteiger partial charge >= 0.3 is 12.2 Å². The van der Waals surface area contributed by atoms with Gasteiger partial charge in [-0.05, 0) is 42.7 Å². The van der Waals surface area contributed by atoms with Crippen LogP contribution < -0.4 is 10.1 Å². The van der Waals surface area contributed by atoms with Crippen LogP contribution in [0.5, 0.6) is 5.75 Å². The second kappa shape index (κ2) is 9.53. The predicted octanol–water partition coefficient (Wildman–Crippen LogP) is 4.79. The minimum Gasteiger partial charge on any atom is -0.497 e. The molecule has 7 nitrogen and oxygen atoms in total. The lowest BCUT2D eigenvalue weighted by Gasteiger charge is -2.50. The number of urea groups is 1. The third-order valence-corrected chi connectivity index (χ3v) is 7.52. The van der Waals surface area contributed by atoms with E-state index >= 15 is 0 Å². The number of para-hydroxylation sites is 1. The fraction of sp³-hybridized carbons (Fsp3) is 0.423. The van der Waals surface area contributed by atoms with Crippen molar-refractivity contribution in [2.24, 2.45) is 0 Å². The predicted molar refractivity (Wildman–Crippen MR) is 130 cm³/mol. The maximum atomic E-state index is 14.0. The highest BCUT2D eigenvalue weighted by molar-refractivity contribution is 5.90. The number of anilines is 1. The largest absolute Gasteiger partial charge is 0.497 e. The van der Waals surface area contributed by atoms with Gasteiger partial charge in [-0.25, -0.2) is 9.18 Å². The molecule has 2 aromatic carbocycles. The molecule has 0 radical (unpaired) electrons. The van der Waals surface area contributed by atoms with Gasteiger partial charge in [0.2, 0.25) is 0 Å². The molecule has 3 heterocycles. The Morgan fingerprint density at radius 1 is 1.22 bits per heavy atom. The molecule has 1 saturated heterocycles. The van der Waals surface area contributed by atoms with Gasteiger partial charge in [0.1, 0.15) is 11.6 Å². The number of nitrogens with one attached hydrogen (secondary N) is 2. The monoisotopic (exact) mass is 520 g/mol. The maximum absolute atomic E-state index is 14.0. The topological polar surface area (TPSA) is 80.8 Å². The van der Waals surface area contributed by atoms with Gasteiger partial charge in [0.05, 0.1) is 32.0 Å². The van der Waals surface area contributed by atoms with Crippen molar-refractivity contribution >= 4 is 22.6 Å². The molecular weight excluding hydrogens is 492 g/mol. The quantitative estimate of drug-likeness (QED) is 0.432. The summed E-state index contributed by atoms with van der Waals surface area (Å²) in [4.78, 5) is 19.0. The zero-order chi connectivity index (χ0) is 26.4. The van der Waals surface area contributed by atoms with E-state index in [1.54, 1.807) is 23.1 Å². The number of carbonyl (C=O) groups is 1. The van der Waals surface area contributed by atoms with E-state index in [0.717, 1.165) is 16.5 Å². The van der Waals surface area contributed by atoms with Crippen LogP contribution in [0.1, 0.15) is 30.1 Å². The van der Waals surface area contributed by atoms with Crippen LogP contribution in [-0.4, -0.2) is 72.0 Å². The van der Waals surface area contributed by atoms with Crippen molar-refractivity contribution < 1.29 is 32.2 Å². The number of aromatic nitrogens is 1.